The molecule has 4 rings (SSSR count). The lowest BCUT2D eigenvalue weighted by Gasteiger charge is -2.34. The minimum absolute atomic E-state index is 0.284. The number of hydrogen-bond donors (Lipinski definition) is 0. The molecule has 2 aromatic rings. The van der Waals surface area contributed by atoms with Crippen LogP contribution in [0.3, 0.4) is 0 Å². The number of aromatic nitrogens is 2. The maximum atomic E-state index is 11.6. The molecule has 0 spiro atoms. The molecular weight excluding hydrogens is 428 g/mol. The first-order valence-electron chi connectivity index (χ1n) is 11.1. The fraction of sp³-hybridized carbons (Fsp3) is 0.480. The molecule has 0 radical (unpaired) electrons. The lowest BCUT2D eigenvalue weighted by Crippen LogP contribution is -2.33. The average molecular weight is 457 g/mol. The molecule has 0 bridgehead atoms. The Balaban J connectivity index is 1.48. The van der Waals surface area contributed by atoms with Gasteiger partial charge in [0.15, 0.2) is 0 Å². The molecule has 1 saturated carbocycles. The van der Waals surface area contributed by atoms with E-state index >= 15 is 0 Å². The van der Waals surface area contributed by atoms with Crippen LogP contribution in [0.15, 0.2) is 24.3 Å². The van der Waals surface area contributed by atoms with Gasteiger partial charge in [-0.05, 0) is 75.5 Å². The third kappa shape index (κ3) is 4.81. The van der Waals surface area contributed by atoms with Crippen LogP contribution in [0.4, 0.5) is 0 Å². The lowest BCUT2D eigenvalue weighted by atomic mass is 9.77. The second-order valence-corrected chi connectivity index (χ2v) is 9.47. The quantitative estimate of drug-likeness (QED) is 0.316. The van der Waals surface area contributed by atoms with Crippen molar-refractivity contribution in [2.75, 3.05) is 7.11 Å². The third-order valence-corrected chi connectivity index (χ3v) is 6.72. The second-order valence-electron chi connectivity index (χ2n) is 9.12. The Hall–Kier alpha value is -2.44. The van der Waals surface area contributed by atoms with Gasteiger partial charge in [-0.2, -0.15) is 9.87 Å². The molecule has 0 saturated heterocycles. The minimum Gasteiger partial charge on any atom is -0.466 e. The van der Waals surface area contributed by atoms with Gasteiger partial charge in [-0.3, -0.25) is 4.89 Å². The summed E-state index contributed by atoms with van der Waals surface area (Å²) in [5, 5.41) is 0.406. The number of carbonyl (C=O) groups is 1. The van der Waals surface area contributed by atoms with Gasteiger partial charge in [-0.15, -0.1) is 0 Å². The molecule has 2 aliphatic rings. The number of ether oxygens (including phenoxy) is 1. The molecule has 0 amide bonds. The van der Waals surface area contributed by atoms with E-state index in [4.69, 9.17) is 16.3 Å². The predicted octanol–water partition coefficient (Wildman–Crippen LogP) is 5.92. The Kier molecular flexibility index (Phi) is 6.54. The number of carbonyl (C=O) groups excluding carboxylic acids is 1. The largest absolute Gasteiger partial charge is 0.466 e. The fourth-order valence-electron chi connectivity index (χ4n) is 4.76. The summed E-state index contributed by atoms with van der Waals surface area (Å²) in [6.45, 7) is 5.88. The van der Waals surface area contributed by atoms with Gasteiger partial charge in [0, 0.05) is 5.57 Å². The van der Waals surface area contributed by atoms with E-state index in [2.05, 4.69) is 44.0 Å². The number of rotatable bonds is 5. The molecule has 2 heterocycles. The Morgan fingerprint density at radius 3 is 2.50 bits per heavy atom. The summed E-state index contributed by atoms with van der Waals surface area (Å²) in [4.78, 5) is 29.4. The highest BCUT2D eigenvalue weighted by Crippen LogP contribution is 2.42. The van der Waals surface area contributed by atoms with Gasteiger partial charge in [0.1, 0.15) is 16.6 Å². The zero-order valence-electron chi connectivity index (χ0n) is 19.0. The van der Waals surface area contributed by atoms with Crippen LogP contribution in [0.1, 0.15) is 74.4 Å². The summed E-state index contributed by atoms with van der Waals surface area (Å²) >= 11 is 6.37. The smallest absolute Gasteiger partial charge is 0.342 e. The van der Waals surface area contributed by atoms with Crippen LogP contribution in [0.2, 0.25) is 5.15 Å². The van der Waals surface area contributed by atoms with Crippen LogP contribution in [0.5, 0.6) is 5.88 Å². The van der Waals surface area contributed by atoms with Gasteiger partial charge in [-0.1, -0.05) is 35.9 Å². The first-order valence-corrected chi connectivity index (χ1v) is 11.4. The summed E-state index contributed by atoms with van der Waals surface area (Å²) in [5.41, 5.74) is 3.66. The van der Waals surface area contributed by atoms with Crippen LogP contribution < -0.4 is 4.74 Å². The number of benzene rings is 1. The van der Waals surface area contributed by atoms with Gasteiger partial charge < -0.3 is 4.74 Å². The highest BCUT2D eigenvalue weighted by Gasteiger charge is 2.34. The molecule has 170 valence electrons. The van der Waals surface area contributed by atoms with E-state index in [1.54, 1.807) is 6.92 Å². The number of nitrogens with zero attached hydrogens (tertiary/aromatic N) is 2. The van der Waals surface area contributed by atoms with Gasteiger partial charge in [0.25, 0.3) is 0 Å². The van der Waals surface area contributed by atoms with Crippen molar-refractivity contribution in [1.29, 1.82) is 0 Å². The monoisotopic (exact) mass is 456 g/mol. The van der Waals surface area contributed by atoms with E-state index in [1.165, 1.54) is 12.7 Å². The van der Waals surface area contributed by atoms with Gasteiger partial charge in [-0.25, -0.2) is 9.78 Å². The molecule has 0 unspecified atom stereocenters. The number of aryl methyl sites for hydroxylation is 1. The molecule has 32 heavy (non-hydrogen) atoms. The molecule has 1 aromatic carbocycles. The Morgan fingerprint density at radius 2 is 1.84 bits per heavy atom. The zero-order valence-corrected chi connectivity index (χ0v) is 19.7. The van der Waals surface area contributed by atoms with Crippen molar-refractivity contribution in [2.24, 2.45) is 5.92 Å². The predicted molar refractivity (Wildman–Crippen MR) is 123 cm³/mol. The van der Waals surface area contributed by atoms with Crippen LogP contribution in [-0.4, -0.2) is 28.6 Å². The van der Waals surface area contributed by atoms with Crippen LogP contribution in [-0.2, 0) is 14.6 Å². The second kappa shape index (κ2) is 9.20. The molecule has 1 aromatic heterocycles. The van der Waals surface area contributed by atoms with Crippen molar-refractivity contribution in [3.8, 4) is 5.88 Å². The summed E-state index contributed by atoms with van der Waals surface area (Å²) in [6, 6.07) is 8.73. The standard InChI is InChI=1S/C25H29ClN2O4/c1-15-27-23(26)20-14-21(25(2,3)31-24(20)28-15)19-11-9-18(10-12-19)17-7-5-16(6-8-17)13-22(29)32-30-4/h9-12,14,16-17H,5-8,13H2,1-4H3. The van der Waals surface area contributed by atoms with Crippen molar-refractivity contribution in [1.82, 2.24) is 9.97 Å². The van der Waals surface area contributed by atoms with Crippen molar-refractivity contribution in [2.45, 2.75) is 64.4 Å². The Bertz CT molecular complexity index is 1020. The first-order chi connectivity index (χ1) is 15.3. The number of hydrogen-bond acceptors (Lipinski definition) is 6. The highest BCUT2D eigenvalue weighted by molar-refractivity contribution is 6.31. The van der Waals surface area contributed by atoms with Crippen molar-refractivity contribution in [3.63, 3.8) is 0 Å². The molecule has 7 heteroatoms. The Labute approximate surface area is 193 Å². The number of halogens is 1. The van der Waals surface area contributed by atoms with Crippen LogP contribution >= 0.6 is 11.6 Å². The average Bonchev–Trinajstić information content (AvgIpc) is 2.73. The van der Waals surface area contributed by atoms with Gasteiger partial charge >= 0.3 is 5.97 Å². The maximum absolute atomic E-state index is 11.6. The highest BCUT2D eigenvalue weighted by atomic mass is 35.5. The summed E-state index contributed by atoms with van der Waals surface area (Å²) in [5.74, 6) is 1.72. The van der Waals surface area contributed by atoms with Crippen LogP contribution in [0.25, 0.3) is 11.6 Å². The molecule has 1 aliphatic carbocycles. The molecule has 1 fully saturated rings. The summed E-state index contributed by atoms with van der Waals surface area (Å²) in [7, 11) is 1.36. The van der Waals surface area contributed by atoms with E-state index in [0.717, 1.165) is 42.4 Å². The lowest BCUT2D eigenvalue weighted by molar-refractivity contribution is -0.255. The summed E-state index contributed by atoms with van der Waals surface area (Å²) < 4.78 is 6.20. The van der Waals surface area contributed by atoms with E-state index in [0.29, 0.717) is 35.1 Å². The molecule has 0 atom stereocenters. The van der Waals surface area contributed by atoms with Gasteiger partial charge in [0.2, 0.25) is 5.88 Å². The number of fused-ring (bicyclic) bond motifs is 1. The van der Waals surface area contributed by atoms with Crippen LogP contribution in [0, 0.1) is 12.8 Å². The Morgan fingerprint density at radius 1 is 1.16 bits per heavy atom. The van der Waals surface area contributed by atoms with Gasteiger partial charge in [0.05, 0.1) is 19.1 Å². The molecular formula is C25H29ClN2O4. The summed E-state index contributed by atoms with van der Waals surface area (Å²) in [6.07, 6.45) is 6.65. The fourth-order valence-corrected chi connectivity index (χ4v) is 5.02. The normalized spacial score (nSPS) is 21.8. The zero-order chi connectivity index (χ0) is 22.9. The minimum atomic E-state index is -0.534. The first kappa shape index (κ1) is 22.7. The van der Waals surface area contributed by atoms with E-state index in [-0.39, 0.29) is 5.97 Å². The van der Waals surface area contributed by atoms with Crippen molar-refractivity contribution in [3.05, 3.63) is 51.9 Å². The molecule has 6 nitrogen and oxygen atoms in total. The van der Waals surface area contributed by atoms with E-state index < -0.39 is 5.60 Å². The van der Waals surface area contributed by atoms with Crippen molar-refractivity contribution >= 4 is 29.2 Å². The van der Waals surface area contributed by atoms with E-state index in [1.807, 2.05) is 19.9 Å². The SMILES string of the molecule is COOC(=O)CC1CCC(c2ccc(C3=Cc4c(Cl)nc(C)nc4OC3(C)C)cc2)CC1. The maximum Gasteiger partial charge on any atom is 0.342 e. The third-order valence-electron chi connectivity index (χ3n) is 6.44. The van der Waals surface area contributed by atoms with Crippen molar-refractivity contribution < 1.29 is 19.3 Å². The molecule has 1 aliphatic heterocycles. The topological polar surface area (TPSA) is 70.5 Å². The van der Waals surface area contributed by atoms with E-state index in [9.17, 15) is 4.79 Å². The molecule has 0 N–H and O–H groups in total.